The number of aromatic hydroxyl groups is 2. The van der Waals surface area contributed by atoms with Crippen molar-refractivity contribution in [1.82, 2.24) is 0 Å². The minimum Gasteiger partial charge on any atom is -0.507 e. The molecule has 0 unspecified atom stereocenters. The summed E-state index contributed by atoms with van der Waals surface area (Å²) in [4.78, 5) is 12.5. The van der Waals surface area contributed by atoms with Gasteiger partial charge in [0.2, 0.25) is 12.1 Å². The first-order valence-electron chi connectivity index (χ1n) is 7.02. The molecule has 2 bridgehead atoms. The van der Waals surface area contributed by atoms with Crippen LogP contribution in [0.3, 0.4) is 0 Å². The molecule has 2 atom stereocenters. The van der Waals surface area contributed by atoms with Gasteiger partial charge >= 0.3 is 0 Å². The predicted molar refractivity (Wildman–Crippen MR) is 78.3 cm³/mol. The molecule has 2 aromatic rings. The van der Waals surface area contributed by atoms with Crippen LogP contribution in [0.2, 0.25) is 0 Å². The quantitative estimate of drug-likeness (QED) is 0.816. The van der Waals surface area contributed by atoms with Gasteiger partial charge in [0.25, 0.3) is 0 Å². The maximum absolute atomic E-state index is 12.5. The second-order valence-corrected chi connectivity index (χ2v) is 5.36. The summed E-state index contributed by atoms with van der Waals surface area (Å²) in [6.45, 7) is 0.133. The molecule has 1 saturated heterocycles. The SMILES string of the molecule is COc1ccc(OC)c2c(O)c3c(c(O)c12)C(=O)[C@@H]1OC[C@H]3O1. The number of hydrogen-bond donors (Lipinski definition) is 2. The number of carbonyl (C=O) groups is 1. The first-order chi connectivity index (χ1) is 11.1. The molecule has 2 aliphatic rings. The largest absolute Gasteiger partial charge is 0.507 e. The molecule has 23 heavy (non-hydrogen) atoms. The molecule has 7 heteroatoms. The normalized spacial score (nSPS) is 22.3. The number of fused-ring (bicyclic) bond motifs is 5. The number of hydrogen-bond acceptors (Lipinski definition) is 7. The maximum atomic E-state index is 12.5. The van der Waals surface area contributed by atoms with E-state index in [4.69, 9.17) is 18.9 Å². The standard InChI is InChI=1S/C16H14O7/c1-20-6-3-4-7(21-2)10-9(6)13(17)11-8-5-22-16(23-8)15(19)12(11)14(10)18/h3-4,8,16-18H,5H2,1-2H3/t8-,16-/m1/s1. The number of phenols is 2. The lowest BCUT2D eigenvalue weighted by atomic mass is 9.90. The van der Waals surface area contributed by atoms with Gasteiger partial charge in [-0.3, -0.25) is 4.79 Å². The van der Waals surface area contributed by atoms with Gasteiger partial charge < -0.3 is 29.2 Å². The van der Waals surface area contributed by atoms with Crippen LogP contribution in [0, 0.1) is 0 Å². The molecule has 120 valence electrons. The fourth-order valence-corrected chi connectivity index (χ4v) is 3.25. The molecule has 0 radical (unpaired) electrons. The Morgan fingerprint density at radius 3 is 2.30 bits per heavy atom. The Labute approximate surface area is 130 Å². The summed E-state index contributed by atoms with van der Waals surface area (Å²) in [6.07, 6.45) is -1.66. The monoisotopic (exact) mass is 318 g/mol. The van der Waals surface area contributed by atoms with E-state index in [9.17, 15) is 15.0 Å². The third-order valence-electron chi connectivity index (χ3n) is 4.27. The highest BCUT2D eigenvalue weighted by Crippen LogP contribution is 2.53. The van der Waals surface area contributed by atoms with Crippen molar-refractivity contribution in [2.24, 2.45) is 0 Å². The minimum absolute atomic E-state index is 0.0142. The average Bonchev–Trinajstić information content (AvgIpc) is 3.00. The second-order valence-electron chi connectivity index (χ2n) is 5.36. The van der Waals surface area contributed by atoms with Crippen molar-refractivity contribution in [1.29, 1.82) is 0 Å². The van der Waals surface area contributed by atoms with Crippen molar-refractivity contribution in [3.05, 3.63) is 23.3 Å². The summed E-state index contributed by atoms with van der Waals surface area (Å²) < 4.78 is 21.2. The lowest BCUT2D eigenvalue weighted by Gasteiger charge is -2.25. The number of rotatable bonds is 2. The molecule has 1 fully saturated rings. The smallest absolute Gasteiger partial charge is 0.223 e. The zero-order valence-corrected chi connectivity index (χ0v) is 12.5. The van der Waals surface area contributed by atoms with Crippen molar-refractivity contribution < 1.29 is 34.0 Å². The number of methoxy groups -OCH3 is 2. The Balaban J connectivity index is 2.19. The van der Waals surface area contributed by atoms with Gasteiger partial charge in [0, 0.05) is 5.56 Å². The maximum Gasteiger partial charge on any atom is 0.223 e. The van der Waals surface area contributed by atoms with Crippen LogP contribution in [0.4, 0.5) is 0 Å². The van der Waals surface area contributed by atoms with Crippen molar-refractivity contribution in [2.45, 2.75) is 12.4 Å². The summed E-state index contributed by atoms with van der Waals surface area (Å²) in [5.74, 6) is -0.287. The van der Waals surface area contributed by atoms with Crippen LogP contribution in [-0.4, -0.2) is 43.1 Å². The van der Waals surface area contributed by atoms with E-state index in [1.165, 1.54) is 14.2 Å². The Morgan fingerprint density at radius 1 is 1.09 bits per heavy atom. The minimum atomic E-state index is -1.05. The van der Waals surface area contributed by atoms with Gasteiger partial charge in [-0.15, -0.1) is 0 Å². The number of phenolic OH excluding ortho intramolecular Hbond substituents is 2. The molecule has 4 rings (SSSR count). The number of ketones is 1. The lowest BCUT2D eigenvalue weighted by Crippen LogP contribution is -2.27. The Bertz CT molecular complexity index is 842. The third-order valence-corrected chi connectivity index (χ3v) is 4.27. The summed E-state index contributed by atoms with van der Waals surface area (Å²) in [5.41, 5.74) is 0.237. The number of benzene rings is 2. The van der Waals surface area contributed by atoms with Crippen LogP contribution in [0.25, 0.3) is 10.8 Å². The highest BCUT2D eigenvalue weighted by atomic mass is 16.7. The molecule has 0 spiro atoms. The summed E-state index contributed by atoms with van der Waals surface area (Å²) >= 11 is 0. The zero-order chi connectivity index (χ0) is 16.3. The molecule has 0 aromatic heterocycles. The van der Waals surface area contributed by atoms with Crippen molar-refractivity contribution in [2.75, 3.05) is 20.8 Å². The molecular weight excluding hydrogens is 304 g/mol. The summed E-state index contributed by atoms with van der Waals surface area (Å²) in [5, 5.41) is 22.0. The fourth-order valence-electron chi connectivity index (χ4n) is 3.25. The summed E-state index contributed by atoms with van der Waals surface area (Å²) in [7, 11) is 2.89. The Morgan fingerprint density at radius 2 is 1.70 bits per heavy atom. The molecule has 2 heterocycles. The van der Waals surface area contributed by atoms with E-state index in [1.54, 1.807) is 12.1 Å². The van der Waals surface area contributed by atoms with E-state index in [1.807, 2.05) is 0 Å². The van der Waals surface area contributed by atoms with Crippen LogP contribution in [0.1, 0.15) is 22.0 Å². The first kappa shape index (κ1) is 14.1. The molecule has 0 amide bonds. The number of ether oxygens (including phenoxy) is 4. The van der Waals surface area contributed by atoms with E-state index in [0.29, 0.717) is 11.5 Å². The third kappa shape index (κ3) is 1.68. The zero-order valence-electron chi connectivity index (χ0n) is 12.5. The van der Waals surface area contributed by atoms with Gasteiger partial charge in [0.15, 0.2) is 0 Å². The van der Waals surface area contributed by atoms with Gasteiger partial charge in [-0.1, -0.05) is 0 Å². The van der Waals surface area contributed by atoms with E-state index < -0.39 is 18.2 Å². The molecule has 0 aliphatic carbocycles. The van der Waals surface area contributed by atoms with Crippen molar-refractivity contribution in [3.8, 4) is 23.0 Å². The first-order valence-corrected chi connectivity index (χ1v) is 7.02. The van der Waals surface area contributed by atoms with E-state index in [0.717, 1.165) is 0 Å². The van der Waals surface area contributed by atoms with Gasteiger partial charge in [-0.25, -0.2) is 0 Å². The number of carbonyl (C=O) groups excluding carboxylic acids is 1. The van der Waals surface area contributed by atoms with Gasteiger partial charge in [-0.2, -0.15) is 0 Å². The topological polar surface area (TPSA) is 94.5 Å². The van der Waals surface area contributed by atoms with Crippen LogP contribution >= 0.6 is 0 Å². The average molecular weight is 318 g/mol. The van der Waals surface area contributed by atoms with Crippen molar-refractivity contribution in [3.63, 3.8) is 0 Å². The van der Waals surface area contributed by atoms with E-state index in [-0.39, 0.29) is 40.0 Å². The second kappa shape index (κ2) is 4.74. The van der Waals surface area contributed by atoms with Crippen LogP contribution in [0.5, 0.6) is 23.0 Å². The Kier molecular flexibility index (Phi) is 2.91. The Hall–Kier alpha value is -2.51. The molecular formula is C16H14O7. The molecule has 0 saturated carbocycles. The van der Waals surface area contributed by atoms with E-state index >= 15 is 0 Å². The van der Waals surface area contributed by atoms with E-state index in [2.05, 4.69) is 0 Å². The lowest BCUT2D eigenvalue weighted by molar-refractivity contribution is -0.0410. The highest BCUT2D eigenvalue weighted by molar-refractivity contribution is 6.13. The van der Waals surface area contributed by atoms with Crippen LogP contribution in [-0.2, 0) is 9.47 Å². The van der Waals surface area contributed by atoms with Gasteiger partial charge in [-0.05, 0) is 12.1 Å². The van der Waals surface area contributed by atoms with Crippen LogP contribution < -0.4 is 9.47 Å². The molecule has 7 nitrogen and oxygen atoms in total. The molecule has 2 N–H and O–H groups in total. The fraction of sp³-hybridized carbons (Fsp3) is 0.312. The van der Waals surface area contributed by atoms with Crippen LogP contribution in [0.15, 0.2) is 12.1 Å². The highest BCUT2D eigenvalue weighted by Gasteiger charge is 2.45. The van der Waals surface area contributed by atoms with Gasteiger partial charge in [0.05, 0.1) is 37.2 Å². The van der Waals surface area contributed by atoms with Crippen molar-refractivity contribution >= 4 is 16.6 Å². The molecule has 2 aliphatic heterocycles. The predicted octanol–water partition coefficient (Wildman–Crippen LogP) is 1.88. The molecule has 2 aromatic carbocycles. The van der Waals surface area contributed by atoms with Gasteiger partial charge in [0.1, 0.15) is 29.1 Å². The summed E-state index contributed by atoms with van der Waals surface area (Å²) in [6, 6.07) is 3.22. The number of Topliss-reactive ketones (excluding diaryl/α,β-unsaturated/α-hetero) is 1.